The average molecular weight is 356 g/mol. The summed E-state index contributed by atoms with van der Waals surface area (Å²) in [6.07, 6.45) is 2.60. The van der Waals surface area contributed by atoms with E-state index in [0.29, 0.717) is 6.54 Å². The van der Waals surface area contributed by atoms with Crippen molar-refractivity contribution in [2.75, 3.05) is 19.6 Å². The smallest absolute Gasteiger partial charge is 0.220 e. The van der Waals surface area contributed by atoms with E-state index < -0.39 is 0 Å². The molecule has 0 aliphatic carbocycles. The normalized spacial score (nSPS) is 14.1. The number of amides is 1. The SMILES string of the molecule is O=C(CCC(=O)c1cccs1)NCCCN1CCc2ccccc2C1. The molecule has 1 aromatic carbocycles. The van der Waals surface area contributed by atoms with E-state index in [-0.39, 0.29) is 24.5 Å². The van der Waals surface area contributed by atoms with Crippen LogP contribution in [0.15, 0.2) is 41.8 Å². The van der Waals surface area contributed by atoms with Crippen LogP contribution in [0.1, 0.15) is 40.1 Å². The fourth-order valence-electron chi connectivity index (χ4n) is 3.15. The molecule has 132 valence electrons. The monoisotopic (exact) mass is 356 g/mol. The van der Waals surface area contributed by atoms with Crippen molar-refractivity contribution in [3.63, 3.8) is 0 Å². The summed E-state index contributed by atoms with van der Waals surface area (Å²) in [5, 5.41) is 4.81. The molecule has 1 aliphatic rings. The molecule has 1 N–H and O–H groups in total. The van der Waals surface area contributed by atoms with Crippen LogP contribution in [-0.4, -0.2) is 36.2 Å². The predicted octanol–water partition coefficient (Wildman–Crippen LogP) is 3.28. The molecule has 0 spiro atoms. The van der Waals surface area contributed by atoms with Gasteiger partial charge in [0.1, 0.15) is 0 Å². The molecule has 3 rings (SSSR count). The van der Waals surface area contributed by atoms with Gasteiger partial charge >= 0.3 is 0 Å². The lowest BCUT2D eigenvalue weighted by Crippen LogP contribution is -2.33. The van der Waals surface area contributed by atoms with Crippen molar-refractivity contribution in [3.05, 3.63) is 57.8 Å². The number of nitrogens with zero attached hydrogens (tertiary/aromatic N) is 1. The summed E-state index contributed by atoms with van der Waals surface area (Å²) in [5.74, 6) is 0.0195. The Balaban J connectivity index is 1.30. The Morgan fingerprint density at radius 1 is 1.08 bits per heavy atom. The maximum Gasteiger partial charge on any atom is 0.220 e. The zero-order chi connectivity index (χ0) is 17.5. The average Bonchev–Trinajstić information content (AvgIpc) is 3.18. The topological polar surface area (TPSA) is 49.4 Å². The minimum absolute atomic E-state index is 0.0334. The highest BCUT2D eigenvalue weighted by Crippen LogP contribution is 2.18. The van der Waals surface area contributed by atoms with Crippen LogP contribution in [-0.2, 0) is 17.8 Å². The van der Waals surface area contributed by atoms with E-state index in [1.165, 1.54) is 22.5 Å². The molecular weight excluding hydrogens is 332 g/mol. The third-order valence-corrected chi connectivity index (χ3v) is 5.47. The third kappa shape index (κ3) is 5.25. The van der Waals surface area contributed by atoms with Crippen molar-refractivity contribution >= 4 is 23.0 Å². The highest BCUT2D eigenvalue weighted by molar-refractivity contribution is 7.12. The van der Waals surface area contributed by atoms with Crippen LogP contribution in [0, 0.1) is 0 Å². The molecule has 0 fully saturated rings. The van der Waals surface area contributed by atoms with Crippen LogP contribution in [0.4, 0.5) is 0 Å². The lowest BCUT2D eigenvalue weighted by Gasteiger charge is -2.28. The Hall–Kier alpha value is -1.98. The summed E-state index contributed by atoms with van der Waals surface area (Å²) in [4.78, 5) is 26.9. The second-order valence-electron chi connectivity index (χ2n) is 6.40. The molecule has 0 atom stereocenters. The van der Waals surface area contributed by atoms with E-state index >= 15 is 0 Å². The first-order valence-electron chi connectivity index (χ1n) is 8.85. The molecular formula is C20H24N2O2S. The summed E-state index contributed by atoms with van der Waals surface area (Å²) >= 11 is 1.43. The molecule has 0 bridgehead atoms. The summed E-state index contributed by atoms with van der Waals surface area (Å²) in [6.45, 7) is 3.74. The van der Waals surface area contributed by atoms with E-state index in [9.17, 15) is 9.59 Å². The summed E-state index contributed by atoms with van der Waals surface area (Å²) < 4.78 is 0. The molecule has 0 saturated carbocycles. The first-order valence-corrected chi connectivity index (χ1v) is 9.73. The quantitative estimate of drug-likeness (QED) is 0.583. The van der Waals surface area contributed by atoms with Crippen LogP contribution in [0.3, 0.4) is 0 Å². The van der Waals surface area contributed by atoms with E-state index in [0.717, 1.165) is 37.4 Å². The maximum atomic E-state index is 11.9. The van der Waals surface area contributed by atoms with Gasteiger partial charge in [-0.15, -0.1) is 11.3 Å². The number of rotatable bonds is 8. The largest absolute Gasteiger partial charge is 0.356 e. The lowest BCUT2D eigenvalue weighted by atomic mass is 10.00. The van der Waals surface area contributed by atoms with Gasteiger partial charge in [-0.25, -0.2) is 0 Å². The van der Waals surface area contributed by atoms with Gasteiger partial charge in [0.2, 0.25) is 5.91 Å². The molecule has 1 amide bonds. The molecule has 0 radical (unpaired) electrons. The summed E-state index contributed by atoms with van der Waals surface area (Å²) in [6, 6.07) is 12.3. The number of carbonyl (C=O) groups excluding carboxylic acids is 2. The van der Waals surface area contributed by atoms with Gasteiger partial charge in [-0.1, -0.05) is 30.3 Å². The van der Waals surface area contributed by atoms with E-state index in [1.807, 2.05) is 17.5 Å². The maximum absolute atomic E-state index is 11.9. The molecule has 4 nitrogen and oxygen atoms in total. The number of hydrogen-bond acceptors (Lipinski definition) is 4. The molecule has 5 heteroatoms. The first-order chi connectivity index (χ1) is 12.2. The van der Waals surface area contributed by atoms with E-state index in [4.69, 9.17) is 0 Å². The zero-order valence-corrected chi connectivity index (χ0v) is 15.2. The van der Waals surface area contributed by atoms with Crippen LogP contribution < -0.4 is 5.32 Å². The van der Waals surface area contributed by atoms with Gasteiger partial charge < -0.3 is 5.32 Å². The molecule has 1 aliphatic heterocycles. The molecule has 1 aromatic heterocycles. The van der Waals surface area contributed by atoms with Crippen LogP contribution in [0.5, 0.6) is 0 Å². The number of fused-ring (bicyclic) bond motifs is 1. The Labute approximate surface area is 152 Å². The number of Topliss-reactive ketones (excluding diaryl/α,β-unsaturated/α-hetero) is 1. The molecule has 0 unspecified atom stereocenters. The minimum atomic E-state index is -0.0334. The van der Waals surface area contributed by atoms with Gasteiger partial charge in [0, 0.05) is 39.0 Å². The van der Waals surface area contributed by atoms with Crippen molar-refractivity contribution < 1.29 is 9.59 Å². The van der Waals surface area contributed by atoms with Crippen LogP contribution in [0.25, 0.3) is 0 Å². The predicted molar refractivity (Wildman–Crippen MR) is 101 cm³/mol. The summed E-state index contributed by atoms with van der Waals surface area (Å²) in [7, 11) is 0. The summed E-state index contributed by atoms with van der Waals surface area (Å²) in [5.41, 5.74) is 2.88. The number of benzene rings is 1. The molecule has 2 aromatic rings. The van der Waals surface area contributed by atoms with Crippen LogP contribution >= 0.6 is 11.3 Å². The third-order valence-electron chi connectivity index (χ3n) is 4.56. The van der Waals surface area contributed by atoms with Gasteiger partial charge in [0.15, 0.2) is 5.78 Å². The van der Waals surface area contributed by atoms with Gasteiger partial charge in [0.05, 0.1) is 4.88 Å². The van der Waals surface area contributed by atoms with Gasteiger partial charge in [-0.3, -0.25) is 14.5 Å². The van der Waals surface area contributed by atoms with Crippen LogP contribution in [0.2, 0.25) is 0 Å². The number of carbonyl (C=O) groups is 2. The number of thiophene rings is 1. The Morgan fingerprint density at radius 2 is 1.92 bits per heavy atom. The highest BCUT2D eigenvalue weighted by atomic mass is 32.1. The fourth-order valence-corrected chi connectivity index (χ4v) is 3.85. The number of ketones is 1. The lowest BCUT2D eigenvalue weighted by molar-refractivity contribution is -0.121. The molecule has 25 heavy (non-hydrogen) atoms. The van der Waals surface area contributed by atoms with Gasteiger partial charge in [-0.05, 0) is 35.4 Å². The second-order valence-corrected chi connectivity index (χ2v) is 7.35. The minimum Gasteiger partial charge on any atom is -0.356 e. The Morgan fingerprint density at radius 3 is 2.72 bits per heavy atom. The number of nitrogens with one attached hydrogen (secondary N) is 1. The Kier molecular flexibility index (Phi) is 6.36. The van der Waals surface area contributed by atoms with Gasteiger partial charge in [0.25, 0.3) is 0 Å². The van der Waals surface area contributed by atoms with Crippen molar-refractivity contribution in [3.8, 4) is 0 Å². The van der Waals surface area contributed by atoms with Crippen molar-refractivity contribution in [1.29, 1.82) is 0 Å². The van der Waals surface area contributed by atoms with Crippen molar-refractivity contribution in [2.24, 2.45) is 0 Å². The standard InChI is InChI=1S/C20H24N2O2S/c23-18(19-7-3-14-25-19)8-9-20(24)21-11-4-12-22-13-10-16-5-1-2-6-17(16)15-22/h1-3,5-7,14H,4,8-13,15H2,(H,21,24). The van der Waals surface area contributed by atoms with E-state index in [1.54, 1.807) is 0 Å². The Bertz CT molecular complexity index is 712. The van der Waals surface area contributed by atoms with Gasteiger partial charge in [-0.2, -0.15) is 0 Å². The fraction of sp³-hybridized carbons (Fsp3) is 0.400. The number of hydrogen-bond donors (Lipinski definition) is 1. The zero-order valence-electron chi connectivity index (χ0n) is 14.4. The molecule has 2 heterocycles. The first kappa shape index (κ1) is 17.8. The van der Waals surface area contributed by atoms with E-state index in [2.05, 4.69) is 34.5 Å². The van der Waals surface area contributed by atoms with Crippen molar-refractivity contribution in [2.45, 2.75) is 32.2 Å². The highest BCUT2D eigenvalue weighted by Gasteiger charge is 2.15. The van der Waals surface area contributed by atoms with Crippen molar-refractivity contribution in [1.82, 2.24) is 10.2 Å². The molecule has 0 saturated heterocycles. The second kappa shape index (κ2) is 8.92.